The molecule has 1 aliphatic heterocycles. The molecule has 1 saturated heterocycles. The van der Waals surface area contributed by atoms with E-state index in [1.807, 2.05) is 0 Å². The fourth-order valence-electron chi connectivity index (χ4n) is 1.89. The van der Waals surface area contributed by atoms with Crippen LogP contribution in [-0.4, -0.2) is 24.1 Å². The Hall–Kier alpha value is -1.17. The zero-order chi connectivity index (χ0) is 12.1. The minimum absolute atomic E-state index is 0. The van der Waals surface area contributed by atoms with Gasteiger partial charge in [0.15, 0.2) is 0 Å². The van der Waals surface area contributed by atoms with Gasteiger partial charge in [-0.1, -0.05) is 0 Å². The van der Waals surface area contributed by atoms with E-state index in [0.29, 0.717) is 12.7 Å². The molecule has 1 aliphatic rings. The Morgan fingerprint density at radius 3 is 2.44 bits per heavy atom. The highest BCUT2D eigenvalue weighted by Crippen LogP contribution is 2.15. The Kier molecular flexibility index (Phi) is 6.04. The maximum Gasteiger partial charge on any atom is 0.269 e. The SMILES string of the molecule is Cl.O=[N+]([O-])c1ccc(COC2CCNCC2)cc1. The molecule has 0 aliphatic carbocycles. The number of piperidine rings is 1. The van der Waals surface area contributed by atoms with Gasteiger partial charge >= 0.3 is 0 Å². The Morgan fingerprint density at radius 2 is 1.89 bits per heavy atom. The number of nitrogens with zero attached hydrogens (tertiary/aromatic N) is 1. The molecule has 100 valence electrons. The molecule has 5 nitrogen and oxygen atoms in total. The highest BCUT2D eigenvalue weighted by atomic mass is 35.5. The number of benzene rings is 1. The topological polar surface area (TPSA) is 64.4 Å². The van der Waals surface area contributed by atoms with Crippen molar-refractivity contribution in [3.63, 3.8) is 0 Å². The summed E-state index contributed by atoms with van der Waals surface area (Å²) in [5, 5.41) is 13.8. The van der Waals surface area contributed by atoms with Crippen LogP contribution in [0.4, 0.5) is 5.69 Å². The second kappa shape index (κ2) is 7.31. The van der Waals surface area contributed by atoms with Crippen LogP contribution in [0.1, 0.15) is 18.4 Å². The average Bonchev–Trinajstić information content (AvgIpc) is 2.38. The molecule has 18 heavy (non-hydrogen) atoms. The van der Waals surface area contributed by atoms with Gasteiger partial charge in [-0.3, -0.25) is 10.1 Å². The van der Waals surface area contributed by atoms with E-state index < -0.39 is 4.92 Å². The highest BCUT2D eigenvalue weighted by molar-refractivity contribution is 5.85. The minimum Gasteiger partial charge on any atom is -0.373 e. The van der Waals surface area contributed by atoms with Crippen molar-refractivity contribution in [2.45, 2.75) is 25.6 Å². The molecule has 1 fully saturated rings. The van der Waals surface area contributed by atoms with E-state index in [2.05, 4.69) is 5.32 Å². The van der Waals surface area contributed by atoms with Crippen LogP contribution >= 0.6 is 12.4 Å². The first kappa shape index (κ1) is 14.9. The molecular weight excluding hydrogens is 256 g/mol. The number of rotatable bonds is 4. The zero-order valence-electron chi connectivity index (χ0n) is 10.0. The van der Waals surface area contributed by atoms with Crippen LogP contribution in [-0.2, 0) is 11.3 Å². The molecule has 0 spiro atoms. The smallest absolute Gasteiger partial charge is 0.269 e. The van der Waals surface area contributed by atoms with Crippen molar-refractivity contribution in [1.29, 1.82) is 0 Å². The predicted molar refractivity (Wildman–Crippen MR) is 71.0 cm³/mol. The Balaban J connectivity index is 0.00000162. The first-order valence-electron chi connectivity index (χ1n) is 5.81. The van der Waals surface area contributed by atoms with Gasteiger partial charge < -0.3 is 10.1 Å². The molecule has 1 aromatic rings. The van der Waals surface area contributed by atoms with Crippen LogP contribution in [0.15, 0.2) is 24.3 Å². The van der Waals surface area contributed by atoms with E-state index in [9.17, 15) is 10.1 Å². The van der Waals surface area contributed by atoms with Crippen LogP contribution in [0.3, 0.4) is 0 Å². The molecule has 0 radical (unpaired) electrons. The first-order chi connectivity index (χ1) is 8.25. The number of non-ortho nitro benzene ring substituents is 1. The lowest BCUT2D eigenvalue weighted by Gasteiger charge is -2.22. The number of hydrogen-bond acceptors (Lipinski definition) is 4. The van der Waals surface area contributed by atoms with Crippen molar-refractivity contribution in [2.24, 2.45) is 0 Å². The standard InChI is InChI=1S/C12H16N2O3.ClH/c15-14(16)11-3-1-10(2-4-11)9-17-12-5-7-13-8-6-12;/h1-4,12-13H,5-9H2;1H. The van der Waals surface area contributed by atoms with E-state index in [0.717, 1.165) is 31.5 Å². The van der Waals surface area contributed by atoms with Gasteiger partial charge in [-0.2, -0.15) is 0 Å². The van der Waals surface area contributed by atoms with Crippen LogP contribution in [0.2, 0.25) is 0 Å². The molecule has 1 heterocycles. The maximum atomic E-state index is 10.5. The number of nitro groups is 1. The molecule has 6 heteroatoms. The van der Waals surface area contributed by atoms with Crippen molar-refractivity contribution >= 4 is 18.1 Å². The van der Waals surface area contributed by atoms with Crippen molar-refractivity contribution in [3.8, 4) is 0 Å². The van der Waals surface area contributed by atoms with E-state index >= 15 is 0 Å². The molecule has 0 bridgehead atoms. The zero-order valence-corrected chi connectivity index (χ0v) is 10.8. The summed E-state index contributed by atoms with van der Waals surface area (Å²) in [5.74, 6) is 0. The largest absolute Gasteiger partial charge is 0.373 e. The third-order valence-electron chi connectivity index (χ3n) is 2.92. The fraction of sp³-hybridized carbons (Fsp3) is 0.500. The summed E-state index contributed by atoms with van der Waals surface area (Å²) in [4.78, 5) is 10.1. The van der Waals surface area contributed by atoms with Crippen molar-refractivity contribution in [1.82, 2.24) is 5.32 Å². The summed E-state index contributed by atoms with van der Waals surface area (Å²) < 4.78 is 5.76. The van der Waals surface area contributed by atoms with Gasteiger partial charge in [-0.05, 0) is 43.6 Å². The molecule has 0 atom stereocenters. The Bertz CT molecular complexity index is 377. The summed E-state index contributed by atoms with van der Waals surface area (Å²) >= 11 is 0. The fourth-order valence-corrected chi connectivity index (χ4v) is 1.89. The lowest BCUT2D eigenvalue weighted by molar-refractivity contribution is -0.384. The normalized spacial score (nSPS) is 16.0. The molecule has 0 aromatic heterocycles. The number of hydrogen-bond donors (Lipinski definition) is 1. The molecule has 1 N–H and O–H groups in total. The predicted octanol–water partition coefficient (Wildman–Crippen LogP) is 2.29. The van der Waals surface area contributed by atoms with Gasteiger partial charge in [0.1, 0.15) is 0 Å². The second-order valence-corrected chi connectivity index (χ2v) is 4.18. The lowest BCUT2D eigenvalue weighted by Crippen LogP contribution is -2.32. The van der Waals surface area contributed by atoms with Crippen molar-refractivity contribution in [3.05, 3.63) is 39.9 Å². The van der Waals surface area contributed by atoms with Crippen LogP contribution in [0.25, 0.3) is 0 Å². The monoisotopic (exact) mass is 272 g/mol. The van der Waals surface area contributed by atoms with Gasteiger partial charge in [-0.15, -0.1) is 12.4 Å². The molecule has 2 rings (SSSR count). The van der Waals surface area contributed by atoms with Crippen LogP contribution in [0, 0.1) is 10.1 Å². The highest BCUT2D eigenvalue weighted by Gasteiger charge is 2.13. The van der Waals surface area contributed by atoms with E-state index in [1.54, 1.807) is 12.1 Å². The summed E-state index contributed by atoms with van der Waals surface area (Å²) in [7, 11) is 0. The summed E-state index contributed by atoms with van der Waals surface area (Å²) in [6, 6.07) is 6.53. The first-order valence-corrected chi connectivity index (χ1v) is 5.81. The summed E-state index contributed by atoms with van der Waals surface area (Å²) in [6.07, 6.45) is 2.38. The molecule has 0 amide bonds. The lowest BCUT2D eigenvalue weighted by atomic mass is 10.1. The Morgan fingerprint density at radius 1 is 1.28 bits per heavy atom. The quantitative estimate of drug-likeness (QED) is 0.675. The van der Waals surface area contributed by atoms with E-state index in [-0.39, 0.29) is 18.1 Å². The number of nitro benzene ring substituents is 1. The third-order valence-corrected chi connectivity index (χ3v) is 2.92. The number of nitrogens with one attached hydrogen (secondary N) is 1. The van der Waals surface area contributed by atoms with Gasteiger partial charge in [0.05, 0.1) is 17.6 Å². The maximum absolute atomic E-state index is 10.5. The molecule has 0 unspecified atom stereocenters. The third kappa shape index (κ3) is 4.25. The minimum atomic E-state index is -0.391. The van der Waals surface area contributed by atoms with Crippen LogP contribution < -0.4 is 5.32 Å². The van der Waals surface area contributed by atoms with E-state index in [4.69, 9.17) is 4.74 Å². The van der Waals surface area contributed by atoms with Crippen molar-refractivity contribution < 1.29 is 9.66 Å². The second-order valence-electron chi connectivity index (χ2n) is 4.18. The molecule has 0 saturated carbocycles. The van der Waals surface area contributed by atoms with E-state index in [1.165, 1.54) is 12.1 Å². The Labute approximate surface area is 112 Å². The molecule has 1 aromatic carbocycles. The van der Waals surface area contributed by atoms with Gasteiger partial charge in [0.2, 0.25) is 0 Å². The molecular formula is C12H17ClN2O3. The van der Waals surface area contributed by atoms with Gasteiger partial charge in [0, 0.05) is 12.1 Å². The van der Waals surface area contributed by atoms with Gasteiger partial charge in [0.25, 0.3) is 5.69 Å². The van der Waals surface area contributed by atoms with Gasteiger partial charge in [-0.25, -0.2) is 0 Å². The number of ether oxygens (including phenoxy) is 1. The van der Waals surface area contributed by atoms with Crippen molar-refractivity contribution in [2.75, 3.05) is 13.1 Å². The average molecular weight is 273 g/mol. The summed E-state index contributed by atoms with van der Waals surface area (Å²) in [6.45, 7) is 2.54. The summed E-state index contributed by atoms with van der Waals surface area (Å²) in [5.41, 5.74) is 1.10. The number of halogens is 1. The van der Waals surface area contributed by atoms with Crippen LogP contribution in [0.5, 0.6) is 0 Å².